The summed E-state index contributed by atoms with van der Waals surface area (Å²) in [5, 5.41) is 9.59. The van der Waals surface area contributed by atoms with E-state index in [-0.39, 0.29) is 0 Å². The van der Waals surface area contributed by atoms with Crippen molar-refractivity contribution in [1.29, 1.82) is 0 Å². The summed E-state index contributed by atoms with van der Waals surface area (Å²) in [4.78, 5) is 4.83. The summed E-state index contributed by atoms with van der Waals surface area (Å²) >= 11 is 1.72. The summed E-state index contributed by atoms with van der Waals surface area (Å²) in [6, 6.07) is 4.18. The van der Waals surface area contributed by atoms with Crippen LogP contribution in [0.1, 0.15) is 30.0 Å². The molecular formula is C16H21NOS. The second kappa shape index (κ2) is 5.92. The summed E-state index contributed by atoms with van der Waals surface area (Å²) in [7, 11) is 0. The normalized spacial score (nSPS) is 20.1. The molecule has 0 saturated carbocycles. The largest absolute Gasteiger partial charge is 0.378 e. The molecule has 1 N–H and O–H groups in total. The second-order valence-corrected chi connectivity index (χ2v) is 6.76. The molecule has 1 aliphatic rings. The second-order valence-electron chi connectivity index (χ2n) is 5.59. The molecule has 1 aromatic rings. The fourth-order valence-electron chi connectivity index (χ4n) is 2.16. The van der Waals surface area contributed by atoms with E-state index in [1.54, 1.807) is 25.2 Å². The van der Waals surface area contributed by atoms with Crippen molar-refractivity contribution < 1.29 is 5.11 Å². The minimum Gasteiger partial charge on any atom is -0.378 e. The average Bonchev–Trinajstić information content (AvgIpc) is 2.95. The van der Waals surface area contributed by atoms with Crippen LogP contribution in [-0.2, 0) is 6.54 Å². The van der Waals surface area contributed by atoms with Gasteiger partial charge in [0.15, 0.2) is 0 Å². The van der Waals surface area contributed by atoms with E-state index < -0.39 is 5.60 Å². The van der Waals surface area contributed by atoms with Gasteiger partial charge in [-0.3, -0.25) is 4.90 Å². The van der Waals surface area contributed by atoms with Gasteiger partial charge in [-0.25, -0.2) is 0 Å². The Bertz CT molecular complexity index is 501. The Hall–Kier alpha value is -1.08. The summed E-state index contributed by atoms with van der Waals surface area (Å²) in [5.41, 5.74) is -0.920. The SMILES string of the molecule is C=CC1CCN(Cc2ccc(C#CC(C)(C)O)s2)C1. The van der Waals surface area contributed by atoms with Gasteiger partial charge in [-0.2, -0.15) is 0 Å². The number of thiophene rings is 1. The number of nitrogens with zero attached hydrogens (tertiary/aromatic N) is 1. The van der Waals surface area contributed by atoms with Crippen molar-refractivity contribution in [2.45, 2.75) is 32.4 Å². The van der Waals surface area contributed by atoms with Crippen LogP contribution in [0.3, 0.4) is 0 Å². The maximum Gasteiger partial charge on any atom is 0.120 e. The molecule has 3 heteroatoms. The third kappa shape index (κ3) is 4.50. The summed E-state index contributed by atoms with van der Waals surface area (Å²) < 4.78 is 0. The Labute approximate surface area is 119 Å². The lowest BCUT2D eigenvalue weighted by Crippen LogP contribution is -2.18. The van der Waals surface area contributed by atoms with Gasteiger partial charge in [0.25, 0.3) is 0 Å². The standard InChI is InChI=1S/C16H21NOS/c1-4-13-8-10-17(11-13)12-15-6-5-14(19-15)7-9-16(2,3)18/h4-6,13,18H,1,8,10-12H2,2-3H3. The van der Waals surface area contributed by atoms with Gasteiger partial charge >= 0.3 is 0 Å². The molecule has 0 spiro atoms. The summed E-state index contributed by atoms with van der Waals surface area (Å²) in [6.45, 7) is 10.5. The molecule has 2 rings (SSSR count). The van der Waals surface area contributed by atoms with Crippen molar-refractivity contribution in [2.24, 2.45) is 5.92 Å². The van der Waals surface area contributed by atoms with Gasteiger partial charge in [0.05, 0.1) is 4.88 Å². The van der Waals surface area contributed by atoms with Gasteiger partial charge in [0, 0.05) is 18.0 Å². The minimum atomic E-state index is -0.920. The van der Waals surface area contributed by atoms with Crippen LogP contribution in [0.25, 0.3) is 0 Å². The molecule has 0 amide bonds. The molecule has 102 valence electrons. The van der Waals surface area contributed by atoms with E-state index in [4.69, 9.17) is 0 Å². The van der Waals surface area contributed by atoms with E-state index in [1.165, 1.54) is 11.3 Å². The Morgan fingerprint density at radius 2 is 2.37 bits per heavy atom. The van der Waals surface area contributed by atoms with Gasteiger partial charge in [-0.15, -0.1) is 17.9 Å². The highest BCUT2D eigenvalue weighted by molar-refractivity contribution is 7.12. The molecule has 0 radical (unpaired) electrons. The van der Waals surface area contributed by atoms with E-state index in [0.717, 1.165) is 24.5 Å². The van der Waals surface area contributed by atoms with Crippen LogP contribution < -0.4 is 0 Å². The van der Waals surface area contributed by atoms with Crippen LogP contribution in [0.5, 0.6) is 0 Å². The summed E-state index contributed by atoms with van der Waals surface area (Å²) in [6.07, 6.45) is 3.29. The number of aliphatic hydroxyl groups is 1. The van der Waals surface area contributed by atoms with Gasteiger partial charge in [0.1, 0.15) is 5.60 Å². The molecule has 1 fully saturated rings. The van der Waals surface area contributed by atoms with Crippen molar-refractivity contribution in [3.63, 3.8) is 0 Å². The quantitative estimate of drug-likeness (QED) is 0.677. The zero-order valence-corrected chi connectivity index (χ0v) is 12.5. The van der Waals surface area contributed by atoms with Crippen LogP contribution in [0.15, 0.2) is 24.8 Å². The van der Waals surface area contributed by atoms with E-state index in [0.29, 0.717) is 5.92 Å². The lowest BCUT2D eigenvalue weighted by molar-refractivity contribution is 0.143. The van der Waals surface area contributed by atoms with Crippen molar-refractivity contribution in [2.75, 3.05) is 13.1 Å². The first kappa shape index (κ1) is 14.3. The van der Waals surface area contributed by atoms with Crippen LogP contribution in [-0.4, -0.2) is 28.7 Å². The predicted molar refractivity (Wildman–Crippen MR) is 81.1 cm³/mol. The monoisotopic (exact) mass is 275 g/mol. The zero-order valence-electron chi connectivity index (χ0n) is 11.6. The van der Waals surface area contributed by atoms with Crippen molar-refractivity contribution in [3.8, 4) is 11.8 Å². The molecular weight excluding hydrogens is 254 g/mol. The molecule has 0 aliphatic carbocycles. The smallest absolute Gasteiger partial charge is 0.120 e. The number of hydrogen-bond acceptors (Lipinski definition) is 3. The number of likely N-dealkylation sites (tertiary alicyclic amines) is 1. The van der Waals surface area contributed by atoms with Gasteiger partial charge in [-0.05, 0) is 44.9 Å². The average molecular weight is 275 g/mol. The van der Waals surface area contributed by atoms with Gasteiger partial charge < -0.3 is 5.11 Å². The topological polar surface area (TPSA) is 23.5 Å². The third-order valence-corrected chi connectivity index (χ3v) is 4.16. The van der Waals surface area contributed by atoms with E-state index in [2.05, 4.69) is 35.5 Å². The van der Waals surface area contributed by atoms with Crippen LogP contribution in [0, 0.1) is 17.8 Å². The first-order valence-corrected chi connectivity index (χ1v) is 7.47. The van der Waals surface area contributed by atoms with Crippen molar-refractivity contribution >= 4 is 11.3 Å². The Morgan fingerprint density at radius 3 is 3.00 bits per heavy atom. The Balaban J connectivity index is 1.94. The van der Waals surface area contributed by atoms with E-state index in [9.17, 15) is 5.11 Å². The minimum absolute atomic E-state index is 0.648. The number of hydrogen-bond donors (Lipinski definition) is 1. The fraction of sp³-hybridized carbons (Fsp3) is 0.500. The molecule has 1 aliphatic heterocycles. The maximum atomic E-state index is 9.59. The molecule has 1 aromatic heterocycles. The highest BCUT2D eigenvalue weighted by Crippen LogP contribution is 2.23. The molecule has 2 heterocycles. The highest BCUT2D eigenvalue weighted by Gasteiger charge is 2.20. The summed E-state index contributed by atoms with van der Waals surface area (Å²) in [5.74, 6) is 6.53. The van der Waals surface area contributed by atoms with E-state index >= 15 is 0 Å². The first-order valence-electron chi connectivity index (χ1n) is 6.65. The molecule has 0 bridgehead atoms. The molecule has 2 nitrogen and oxygen atoms in total. The van der Waals surface area contributed by atoms with Gasteiger partial charge in [-0.1, -0.05) is 17.9 Å². The van der Waals surface area contributed by atoms with Crippen molar-refractivity contribution in [3.05, 3.63) is 34.5 Å². The highest BCUT2D eigenvalue weighted by atomic mass is 32.1. The molecule has 1 saturated heterocycles. The lowest BCUT2D eigenvalue weighted by Gasteiger charge is -2.13. The first-order chi connectivity index (χ1) is 8.96. The maximum absolute atomic E-state index is 9.59. The van der Waals surface area contributed by atoms with Crippen LogP contribution >= 0.6 is 11.3 Å². The van der Waals surface area contributed by atoms with Crippen molar-refractivity contribution in [1.82, 2.24) is 4.90 Å². The Kier molecular flexibility index (Phi) is 4.46. The van der Waals surface area contributed by atoms with E-state index in [1.807, 2.05) is 6.07 Å². The third-order valence-electron chi connectivity index (χ3n) is 3.17. The lowest BCUT2D eigenvalue weighted by atomic mass is 10.1. The molecule has 1 atom stereocenters. The molecule has 0 aromatic carbocycles. The predicted octanol–water partition coefficient (Wildman–Crippen LogP) is 2.88. The van der Waals surface area contributed by atoms with Gasteiger partial charge in [0.2, 0.25) is 0 Å². The van der Waals surface area contributed by atoms with Crippen LogP contribution in [0.2, 0.25) is 0 Å². The molecule has 1 unspecified atom stereocenters. The van der Waals surface area contributed by atoms with Crippen LogP contribution in [0.4, 0.5) is 0 Å². The Morgan fingerprint density at radius 1 is 1.58 bits per heavy atom. The fourth-order valence-corrected chi connectivity index (χ4v) is 3.07. The molecule has 19 heavy (non-hydrogen) atoms. The zero-order chi connectivity index (χ0) is 13.9. The number of rotatable bonds is 3.